The number of rotatable bonds is 5. The Labute approximate surface area is 134 Å². The van der Waals surface area contributed by atoms with Gasteiger partial charge >= 0.3 is 0 Å². The van der Waals surface area contributed by atoms with Crippen LogP contribution in [0.15, 0.2) is 58.2 Å². The third-order valence-corrected chi connectivity index (χ3v) is 4.47. The van der Waals surface area contributed by atoms with E-state index in [1.165, 1.54) is 22.3 Å². The lowest BCUT2D eigenvalue weighted by atomic mass is 10.0. The second-order valence-corrected chi connectivity index (χ2v) is 6.26. The smallest absolute Gasteiger partial charge is 0.276 e. The summed E-state index contributed by atoms with van der Waals surface area (Å²) in [5.74, 6) is 1.50. The van der Waals surface area contributed by atoms with Crippen LogP contribution in [-0.4, -0.2) is 10.2 Å². The first-order chi connectivity index (χ1) is 10.7. The van der Waals surface area contributed by atoms with Gasteiger partial charge in [-0.3, -0.25) is 0 Å². The van der Waals surface area contributed by atoms with Crippen LogP contribution in [0.2, 0.25) is 0 Å². The van der Waals surface area contributed by atoms with E-state index in [-0.39, 0.29) is 0 Å². The van der Waals surface area contributed by atoms with Crippen LogP contribution < -0.4 is 0 Å². The van der Waals surface area contributed by atoms with E-state index >= 15 is 0 Å². The molecule has 0 aliphatic heterocycles. The van der Waals surface area contributed by atoms with Crippen LogP contribution >= 0.6 is 11.8 Å². The molecule has 112 valence electrons. The van der Waals surface area contributed by atoms with Gasteiger partial charge in [0, 0.05) is 5.75 Å². The highest BCUT2D eigenvalue weighted by atomic mass is 32.2. The number of thioether (sulfide) groups is 1. The molecule has 2 aromatic carbocycles. The Balaban J connectivity index is 1.62. The Morgan fingerprint density at radius 3 is 2.50 bits per heavy atom. The molecule has 0 fully saturated rings. The highest BCUT2D eigenvalue weighted by molar-refractivity contribution is 7.98. The molecule has 1 aromatic heterocycles. The summed E-state index contributed by atoms with van der Waals surface area (Å²) in [6.07, 6.45) is 0.681. The zero-order valence-electron chi connectivity index (χ0n) is 12.7. The van der Waals surface area contributed by atoms with E-state index in [1.807, 2.05) is 18.2 Å². The molecular formula is C18H18N2OS. The van der Waals surface area contributed by atoms with Crippen LogP contribution in [0.5, 0.6) is 0 Å². The van der Waals surface area contributed by atoms with Crippen molar-refractivity contribution in [2.45, 2.75) is 31.2 Å². The van der Waals surface area contributed by atoms with Gasteiger partial charge in [-0.2, -0.15) is 0 Å². The van der Waals surface area contributed by atoms with E-state index in [1.54, 1.807) is 11.8 Å². The first-order valence-electron chi connectivity index (χ1n) is 7.26. The first kappa shape index (κ1) is 14.9. The fraction of sp³-hybridized carbons (Fsp3) is 0.222. The van der Waals surface area contributed by atoms with Crippen LogP contribution in [0.4, 0.5) is 0 Å². The summed E-state index contributed by atoms with van der Waals surface area (Å²) in [5.41, 5.74) is 5.04. The molecule has 0 unspecified atom stereocenters. The maximum Gasteiger partial charge on any atom is 0.276 e. The Bertz CT molecular complexity index is 753. The van der Waals surface area contributed by atoms with Crippen LogP contribution in [-0.2, 0) is 12.2 Å². The lowest BCUT2D eigenvalue weighted by Gasteiger charge is -2.02. The largest absolute Gasteiger partial charge is 0.416 e. The zero-order chi connectivity index (χ0) is 15.4. The number of nitrogens with zero attached hydrogens (tertiary/aromatic N) is 2. The monoisotopic (exact) mass is 310 g/mol. The summed E-state index contributed by atoms with van der Waals surface area (Å²) in [5, 5.41) is 8.88. The third-order valence-electron chi connectivity index (χ3n) is 3.58. The van der Waals surface area contributed by atoms with Gasteiger partial charge in [-0.05, 0) is 36.1 Å². The number of aryl methyl sites for hydroxylation is 2. The summed E-state index contributed by atoms with van der Waals surface area (Å²) in [6, 6.07) is 16.7. The molecular weight excluding hydrogens is 292 g/mol. The van der Waals surface area contributed by atoms with E-state index in [9.17, 15) is 0 Å². The second-order valence-electron chi connectivity index (χ2n) is 5.33. The summed E-state index contributed by atoms with van der Waals surface area (Å²) >= 11 is 1.57. The molecule has 0 spiro atoms. The van der Waals surface area contributed by atoms with E-state index in [0.717, 1.165) is 5.75 Å². The van der Waals surface area contributed by atoms with Crippen molar-refractivity contribution >= 4 is 11.8 Å². The minimum Gasteiger partial charge on any atom is -0.416 e. The van der Waals surface area contributed by atoms with Gasteiger partial charge in [0.2, 0.25) is 5.89 Å². The molecule has 0 radical (unpaired) electrons. The van der Waals surface area contributed by atoms with Gasteiger partial charge in [0.15, 0.2) is 0 Å². The van der Waals surface area contributed by atoms with Gasteiger partial charge in [-0.1, -0.05) is 60.3 Å². The van der Waals surface area contributed by atoms with Crippen LogP contribution in [0, 0.1) is 13.8 Å². The van der Waals surface area contributed by atoms with Crippen LogP contribution in [0.3, 0.4) is 0 Å². The zero-order valence-corrected chi connectivity index (χ0v) is 13.6. The molecule has 3 rings (SSSR count). The minimum atomic E-state index is 0.627. The molecule has 1 heterocycles. The lowest BCUT2D eigenvalue weighted by Crippen LogP contribution is -1.90. The van der Waals surface area contributed by atoms with Crippen molar-refractivity contribution in [3.63, 3.8) is 0 Å². The fourth-order valence-corrected chi connectivity index (χ4v) is 2.91. The number of hydrogen-bond donors (Lipinski definition) is 0. The topological polar surface area (TPSA) is 38.9 Å². The quantitative estimate of drug-likeness (QED) is 0.647. The molecule has 0 bridgehead atoms. The van der Waals surface area contributed by atoms with Crippen molar-refractivity contribution in [2.24, 2.45) is 0 Å². The average molecular weight is 310 g/mol. The fourth-order valence-electron chi connectivity index (χ4n) is 2.18. The summed E-state index contributed by atoms with van der Waals surface area (Å²) < 4.78 is 5.72. The van der Waals surface area contributed by atoms with Crippen LogP contribution in [0.25, 0.3) is 0 Å². The predicted molar refractivity (Wildman–Crippen MR) is 89.0 cm³/mol. The summed E-state index contributed by atoms with van der Waals surface area (Å²) in [4.78, 5) is 0. The van der Waals surface area contributed by atoms with Crippen molar-refractivity contribution in [2.75, 3.05) is 0 Å². The van der Waals surface area contributed by atoms with Crippen molar-refractivity contribution < 1.29 is 4.42 Å². The maximum absolute atomic E-state index is 5.72. The molecule has 3 nitrogen and oxygen atoms in total. The van der Waals surface area contributed by atoms with E-state index < -0.39 is 0 Å². The molecule has 0 amide bonds. The standard InChI is InChI=1S/C18H18N2OS/c1-13-8-9-16(10-14(13)2)11-17-19-20-18(21-17)22-12-15-6-4-3-5-7-15/h3-10H,11-12H2,1-2H3. The molecule has 0 N–H and O–H groups in total. The van der Waals surface area contributed by atoms with Crippen molar-refractivity contribution in [3.05, 3.63) is 76.7 Å². The molecule has 0 atom stereocenters. The highest BCUT2D eigenvalue weighted by Gasteiger charge is 2.08. The van der Waals surface area contributed by atoms with Gasteiger partial charge in [-0.15, -0.1) is 10.2 Å². The van der Waals surface area contributed by atoms with Gasteiger partial charge in [-0.25, -0.2) is 0 Å². The predicted octanol–water partition coefficient (Wildman–Crippen LogP) is 4.57. The molecule has 0 saturated heterocycles. The van der Waals surface area contributed by atoms with Gasteiger partial charge in [0.25, 0.3) is 5.22 Å². The van der Waals surface area contributed by atoms with Gasteiger partial charge in [0.1, 0.15) is 0 Å². The first-order valence-corrected chi connectivity index (χ1v) is 8.24. The summed E-state index contributed by atoms with van der Waals surface area (Å²) in [6.45, 7) is 4.23. The average Bonchev–Trinajstić information content (AvgIpc) is 2.97. The van der Waals surface area contributed by atoms with E-state index in [2.05, 4.69) is 54.4 Å². The molecule has 0 aliphatic carbocycles. The molecule has 0 saturated carbocycles. The maximum atomic E-state index is 5.72. The SMILES string of the molecule is Cc1ccc(Cc2nnc(SCc3ccccc3)o2)cc1C. The Hall–Kier alpha value is -2.07. The molecule has 4 heteroatoms. The number of benzene rings is 2. The van der Waals surface area contributed by atoms with Crippen molar-refractivity contribution in [1.29, 1.82) is 0 Å². The molecule has 3 aromatic rings. The Morgan fingerprint density at radius 1 is 0.909 bits per heavy atom. The summed E-state index contributed by atoms with van der Waals surface area (Å²) in [7, 11) is 0. The van der Waals surface area contributed by atoms with Crippen LogP contribution in [0.1, 0.15) is 28.1 Å². The molecule has 22 heavy (non-hydrogen) atoms. The Morgan fingerprint density at radius 2 is 1.73 bits per heavy atom. The van der Waals surface area contributed by atoms with E-state index in [0.29, 0.717) is 17.5 Å². The second kappa shape index (κ2) is 6.79. The third kappa shape index (κ3) is 3.77. The molecule has 0 aliphatic rings. The number of aromatic nitrogens is 2. The van der Waals surface area contributed by atoms with E-state index in [4.69, 9.17) is 4.42 Å². The van der Waals surface area contributed by atoms with Crippen molar-refractivity contribution in [3.8, 4) is 0 Å². The van der Waals surface area contributed by atoms with Gasteiger partial charge < -0.3 is 4.42 Å². The van der Waals surface area contributed by atoms with Gasteiger partial charge in [0.05, 0.1) is 6.42 Å². The normalized spacial score (nSPS) is 10.8. The minimum absolute atomic E-state index is 0.627. The highest BCUT2D eigenvalue weighted by Crippen LogP contribution is 2.22. The lowest BCUT2D eigenvalue weighted by molar-refractivity contribution is 0.420. The van der Waals surface area contributed by atoms with Crippen molar-refractivity contribution in [1.82, 2.24) is 10.2 Å². The number of hydrogen-bond acceptors (Lipinski definition) is 4. The Kier molecular flexibility index (Phi) is 4.59.